The van der Waals surface area contributed by atoms with Gasteiger partial charge in [0, 0.05) is 11.3 Å². The number of rotatable bonds is 10. The Morgan fingerprint density at radius 3 is 2.35 bits per heavy atom. The number of aryl methyl sites for hydroxylation is 1. The fourth-order valence-electron chi connectivity index (χ4n) is 4.73. The molecule has 1 fully saturated rings. The number of hydrogen-bond donors (Lipinski definition) is 1. The van der Waals surface area contributed by atoms with Gasteiger partial charge in [-0.05, 0) is 75.2 Å². The molecular weight excluding hydrogens is 506 g/mol. The van der Waals surface area contributed by atoms with E-state index in [1.807, 2.05) is 31.2 Å². The number of hydrogen-bond acceptors (Lipinski definition) is 6. The molecule has 0 aromatic heterocycles. The van der Waals surface area contributed by atoms with E-state index in [4.69, 9.17) is 9.47 Å². The molecule has 7 heteroatoms. The van der Waals surface area contributed by atoms with Crippen LogP contribution in [0.25, 0.3) is 5.76 Å². The summed E-state index contributed by atoms with van der Waals surface area (Å²) in [5, 5.41) is 11.4. The molecule has 1 heterocycles. The van der Waals surface area contributed by atoms with Gasteiger partial charge in [-0.25, -0.2) is 4.79 Å². The van der Waals surface area contributed by atoms with Crippen LogP contribution in [0.15, 0.2) is 78.4 Å². The van der Waals surface area contributed by atoms with Crippen molar-refractivity contribution in [3.8, 4) is 5.75 Å². The van der Waals surface area contributed by atoms with E-state index >= 15 is 0 Å². The third-order valence-corrected chi connectivity index (χ3v) is 6.65. The quantitative estimate of drug-likeness (QED) is 0.100. The van der Waals surface area contributed by atoms with E-state index in [0.717, 1.165) is 24.8 Å². The number of anilines is 1. The lowest BCUT2D eigenvalue weighted by Crippen LogP contribution is -2.29. The summed E-state index contributed by atoms with van der Waals surface area (Å²) in [6.45, 7) is 8.15. The molecular formula is C33H35NO6. The summed E-state index contributed by atoms with van der Waals surface area (Å²) in [5.74, 6) is -1.75. The molecule has 0 saturated carbocycles. The first-order valence-electron chi connectivity index (χ1n) is 13.6. The maximum absolute atomic E-state index is 13.5. The van der Waals surface area contributed by atoms with Gasteiger partial charge >= 0.3 is 5.97 Å². The molecule has 4 rings (SSSR count). The van der Waals surface area contributed by atoms with Crippen LogP contribution in [-0.4, -0.2) is 35.5 Å². The highest BCUT2D eigenvalue weighted by Crippen LogP contribution is 2.42. The second kappa shape index (κ2) is 12.6. The van der Waals surface area contributed by atoms with Crippen molar-refractivity contribution in [2.24, 2.45) is 0 Å². The Labute approximate surface area is 235 Å². The first-order valence-corrected chi connectivity index (χ1v) is 13.6. The van der Waals surface area contributed by atoms with Crippen LogP contribution in [0.5, 0.6) is 5.75 Å². The molecule has 1 N–H and O–H groups in total. The minimum Gasteiger partial charge on any atom is -0.507 e. The van der Waals surface area contributed by atoms with Crippen molar-refractivity contribution in [3.63, 3.8) is 0 Å². The number of aliphatic hydroxyl groups excluding tert-OH is 1. The molecule has 3 aromatic carbocycles. The summed E-state index contributed by atoms with van der Waals surface area (Å²) in [6, 6.07) is 19.8. The maximum atomic E-state index is 13.5. The maximum Gasteiger partial charge on any atom is 0.338 e. The van der Waals surface area contributed by atoms with Crippen molar-refractivity contribution in [1.29, 1.82) is 0 Å². The summed E-state index contributed by atoms with van der Waals surface area (Å²) < 4.78 is 11.1. The number of ether oxygens (including phenoxy) is 2. The monoisotopic (exact) mass is 541 g/mol. The Morgan fingerprint density at radius 1 is 0.950 bits per heavy atom. The van der Waals surface area contributed by atoms with E-state index in [-0.39, 0.29) is 23.0 Å². The van der Waals surface area contributed by atoms with Gasteiger partial charge in [-0.2, -0.15) is 0 Å². The molecule has 0 radical (unpaired) electrons. The zero-order chi connectivity index (χ0) is 28.8. The van der Waals surface area contributed by atoms with E-state index in [9.17, 15) is 19.5 Å². The summed E-state index contributed by atoms with van der Waals surface area (Å²) in [5.41, 5.74) is 2.56. The number of benzene rings is 3. The topological polar surface area (TPSA) is 93.1 Å². The molecule has 0 aliphatic carbocycles. The molecule has 7 nitrogen and oxygen atoms in total. The number of esters is 1. The van der Waals surface area contributed by atoms with E-state index in [2.05, 4.69) is 6.92 Å². The van der Waals surface area contributed by atoms with Gasteiger partial charge in [0.15, 0.2) is 0 Å². The normalized spacial score (nSPS) is 16.4. The lowest BCUT2D eigenvalue weighted by molar-refractivity contribution is -0.132. The molecule has 1 saturated heterocycles. The zero-order valence-electron chi connectivity index (χ0n) is 23.3. The number of amides is 1. The highest BCUT2D eigenvalue weighted by atomic mass is 16.5. The van der Waals surface area contributed by atoms with Gasteiger partial charge in [-0.1, -0.05) is 55.7 Å². The first-order chi connectivity index (χ1) is 19.2. The fraction of sp³-hybridized carbons (Fsp3) is 0.303. The molecule has 0 spiro atoms. The Balaban J connectivity index is 1.77. The number of carbonyl (C=O) groups is 3. The fourth-order valence-corrected chi connectivity index (χ4v) is 4.73. The lowest BCUT2D eigenvalue weighted by atomic mass is 9.94. The van der Waals surface area contributed by atoms with Crippen molar-refractivity contribution < 1.29 is 29.0 Å². The standard InChI is InChI=1S/C33H35NO6/c1-5-6-7-18-39-27-16-14-23(15-17-27)30(35)28-29(24-11-8-10-22(4)19-24)34(32(37)31(28)36)26-13-9-12-25(20-26)33(38)40-21(2)3/h8-17,19-21,29,35H,5-7,18H2,1-4H3/b30-28+. The van der Waals surface area contributed by atoms with Crippen LogP contribution < -0.4 is 9.64 Å². The van der Waals surface area contributed by atoms with Gasteiger partial charge in [-0.15, -0.1) is 0 Å². The van der Waals surface area contributed by atoms with Crippen LogP contribution in [0.2, 0.25) is 0 Å². The van der Waals surface area contributed by atoms with Crippen molar-refractivity contribution >= 4 is 29.1 Å². The smallest absolute Gasteiger partial charge is 0.338 e. The van der Waals surface area contributed by atoms with Crippen molar-refractivity contribution in [1.82, 2.24) is 0 Å². The van der Waals surface area contributed by atoms with E-state index in [1.165, 1.54) is 11.0 Å². The summed E-state index contributed by atoms with van der Waals surface area (Å²) in [4.78, 5) is 40.9. The second-order valence-electron chi connectivity index (χ2n) is 10.2. The van der Waals surface area contributed by atoms with Crippen LogP contribution in [0.4, 0.5) is 5.69 Å². The van der Waals surface area contributed by atoms with Crippen LogP contribution in [0, 0.1) is 6.92 Å². The Hall–Kier alpha value is -4.39. The molecule has 0 bridgehead atoms. The number of nitrogens with zero attached hydrogens (tertiary/aromatic N) is 1. The number of carbonyl (C=O) groups excluding carboxylic acids is 3. The molecule has 1 amide bonds. The molecule has 1 atom stereocenters. The molecule has 3 aromatic rings. The van der Waals surface area contributed by atoms with Gasteiger partial charge in [0.2, 0.25) is 0 Å². The molecule has 1 unspecified atom stereocenters. The lowest BCUT2D eigenvalue weighted by Gasteiger charge is -2.26. The third kappa shape index (κ3) is 6.25. The SMILES string of the molecule is CCCCCOc1ccc(/C(O)=C2\C(=O)C(=O)N(c3cccc(C(=O)OC(C)C)c3)C2c2cccc(C)c2)cc1. The minimum atomic E-state index is -0.902. The Morgan fingerprint density at radius 2 is 1.68 bits per heavy atom. The van der Waals surface area contributed by atoms with Crippen LogP contribution in [0.1, 0.15) is 73.1 Å². The van der Waals surface area contributed by atoms with Gasteiger partial charge in [0.25, 0.3) is 11.7 Å². The Kier molecular flexibility index (Phi) is 9.04. The summed E-state index contributed by atoms with van der Waals surface area (Å²) >= 11 is 0. The highest BCUT2D eigenvalue weighted by molar-refractivity contribution is 6.51. The number of Topliss-reactive ketones (excluding diaryl/α,β-unsaturated/α-hetero) is 1. The molecule has 1 aliphatic heterocycles. The van der Waals surface area contributed by atoms with E-state index in [0.29, 0.717) is 29.2 Å². The van der Waals surface area contributed by atoms with Crippen LogP contribution in [-0.2, 0) is 14.3 Å². The average Bonchev–Trinajstić information content (AvgIpc) is 3.21. The summed E-state index contributed by atoms with van der Waals surface area (Å²) in [6.07, 6.45) is 2.82. The number of unbranched alkanes of at least 4 members (excludes halogenated alkanes) is 2. The largest absolute Gasteiger partial charge is 0.507 e. The van der Waals surface area contributed by atoms with Gasteiger partial charge < -0.3 is 14.6 Å². The summed E-state index contributed by atoms with van der Waals surface area (Å²) in [7, 11) is 0. The van der Waals surface area contributed by atoms with Crippen LogP contribution in [0.3, 0.4) is 0 Å². The second-order valence-corrected chi connectivity index (χ2v) is 10.2. The van der Waals surface area contributed by atoms with Gasteiger partial charge in [0.05, 0.1) is 29.9 Å². The zero-order valence-corrected chi connectivity index (χ0v) is 23.3. The van der Waals surface area contributed by atoms with Crippen molar-refractivity contribution in [3.05, 3.63) is 101 Å². The predicted octanol–water partition coefficient (Wildman–Crippen LogP) is 6.76. The van der Waals surface area contributed by atoms with Crippen molar-refractivity contribution in [2.45, 2.75) is 59.1 Å². The van der Waals surface area contributed by atoms with E-state index < -0.39 is 23.7 Å². The average molecular weight is 542 g/mol. The number of aliphatic hydroxyl groups is 1. The number of ketones is 1. The highest BCUT2D eigenvalue weighted by Gasteiger charge is 2.47. The molecule has 1 aliphatic rings. The molecule has 208 valence electrons. The van der Waals surface area contributed by atoms with Gasteiger partial charge in [0.1, 0.15) is 11.5 Å². The Bertz CT molecular complexity index is 1420. The van der Waals surface area contributed by atoms with Crippen molar-refractivity contribution in [2.75, 3.05) is 11.5 Å². The van der Waals surface area contributed by atoms with Gasteiger partial charge in [-0.3, -0.25) is 14.5 Å². The van der Waals surface area contributed by atoms with E-state index in [1.54, 1.807) is 56.3 Å². The minimum absolute atomic E-state index is 0.0256. The third-order valence-electron chi connectivity index (χ3n) is 6.65. The van der Waals surface area contributed by atoms with Crippen LogP contribution >= 0.6 is 0 Å². The molecule has 40 heavy (non-hydrogen) atoms. The predicted molar refractivity (Wildman–Crippen MR) is 154 cm³/mol. The first kappa shape index (κ1) is 28.6.